The minimum absolute atomic E-state index is 0.341. The summed E-state index contributed by atoms with van der Waals surface area (Å²) in [5.41, 5.74) is 2.76. The fourth-order valence-electron chi connectivity index (χ4n) is 3.94. The number of carbonyl (C=O) groups is 2. The average Bonchev–Trinajstić information content (AvgIpc) is 3.56. The summed E-state index contributed by atoms with van der Waals surface area (Å²) >= 11 is 11.9. The maximum absolute atomic E-state index is 11.3. The van der Waals surface area contributed by atoms with Gasteiger partial charge in [-0.1, -0.05) is 37.4 Å². The van der Waals surface area contributed by atoms with Crippen LogP contribution in [0.25, 0.3) is 0 Å². The summed E-state index contributed by atoms with van der Waals surface area (Å²) in [5, 5.41) is 1.88. The second-order valence-corrected chi connectivity index (χ2v) is 16.0. The summed E-state index contributed by atoms with van der Waals surface area (Å²) in [4.78, 5) is 22.6. The Morgan fingerprint density at radius 2 is 1.25 bits per heavy atom. The molecule has 0 radical (unpaired) electrons. The van der Waals surface area contributed by atoms with Gasteiger partial charge in [-0.2, -0.15) is 23.5 Å². The van der Waals surface area contributed by atoms with Crippen molar-refractivity contribution >= 4 is 82.5 Å². The maximum atomic E-state index is 11.3. The van der Waals surface area contributed by atoms with Crippen molar-refractivity contribution in [3.63, 3.8) is 0 Å². The van der Waals surface area contributed by atoms with Gasteiger partial charge < -0.3 is 9.47 Å². The first-order valence-corrected chi connectivity index (χ1v) is 18.3. The summed E-state index contributed by atoms with van der Waals surface area (Å²) in [5.74, 6) is 1.50. The second-order valence-electron chi connectivity index (χ2n) is 8.22. The lowest BCUT2D eigenvalue weighted by Gasteiger charge is -2.24. The van der Waals surface area contributed by atoms with Gasteiger partial charge in [-0.25, -0.2) is 9.59 Å². The lowest BCUT2D eigenvalue weighted by Crippen LogP contribution is -2.11. The SMILES string of the molecule is C=CC(=O)OCCC1CSC(C(SC)c2ccc(C(SC)C3SCC(CCOC(=O)C=C)S3)cc2)S1. The predicted molar refractivity (Wildman–Crippen MR) is 166 cm³/mol. The molecular formula is C26H34O4S6. The molecular weight excluding hydrogens is 569 g/mol. The molecule has 1 aromatic carbocycles. The summed E-state index contributed by atoms with van der Waals surface area (Å²) in [6.07, 6.45) is 8.61. The molecule has 2 fully saturated rings. The van der Waals surface area contributed by atoms with Gasteiger partial charge in [-0.3, -0.25) is 0 Å². The fourth-order valence-corrected chi connectivity index (χ4v) is 14.2. The fraction of sp³-hybridized carbons (Fsp3) is 0.538. The van der Waals surface area contributed by atoms with Crippen LogP contribution in [0.2, 0.25) is 0 Å². The number of ether oxygens (including phenoxy) is 2. The number of thioether (sulfide) groups is 6. The molecule has 3 rings (SSSR count). The van der Waals surface area contributed by atoms with Gasteiger partial charge in [0.1, 0.15) is 0 Å². The molecule has 198 valence electrons. The van der Waals surface area contributed by atoms with Gasteiger partial charge in [0.05, 0.1) is 32.9 Å². The van der Waals surface area contributed by atoms with Crippen molar-refractivity contribution < 1.29 is 19.1 Å². The van der Waals surface area contributed by atoms with E-state index in [1.54, 1.807) is 0 Å². The maximum Gasteiger partial charge on any atom is 0.330 e. The predicted octanol–water partition coefficient (Wildman–Crippen LogP) is 7.08. The molecule has 0 saturated carbocycles. The van der Waals surface area contributed by atoms with Crippen molar-refractivity contribution in [1.29, 1.82) is 0 Å². The Morgan fingerprint density at radius 1 is 0.861 bits per heavy atom. The second kappa shape index (κ2) is 16.0. The number of carbonyl (C=O) groups excluding carboxylic acids is 2. The molecule has 0 aromatic heterocycles. The van der Waals surface area contributed by atoms with Gasteiger partial charge in [0.25, 0.3) is 0 Å². The molecule has 0 amide bonds. The van der Waals surface area contributed by atoms with Crippen LogP contribution in [0.5, 0.6) is 0 Å². The summed E-state index contributed by atoms with van der Waals surface area (Å²) < 4.78 is 11.3. The van der Waals surface area contributed by atoms with Crippen LogP contribution in [0, 0.1) is 0 Å². The topological polar surface area (TPSA) is 52.6 Å². The monoisotopic (exact) mass is 602 g/mol. The zero-order chi connectivity index (χ0) is 25.9. The molecule has 0 spiro atoms. The zero-order valence-electron chi connectivity index (χ0n) is 20.7. The summed E-state index contributed by atoms with van der Waals surface area (Å²) in [6, 6.07) is 9.26. The molecule has 2 aliphatic rings. The third kappa shape index (κ3) is 8.90. The van der Waals surface area contributed by atoms with Crippen molar-refractivity contribution in [2.75, 3.05) is 37.2 Å². The van der Waals surface area contributed by atoms with Crippen LogP contribution in [-0.2, 0) is 19.1 Å². The van der Waals surface area contributed by atoms with E-state index >= 15 is 0 Å². The van der Waals surface area contributed by atoms with Gasteiger partial charge in [-0.15, -0.1) is 47.0 Å². The quantitative estimate of drug-likeness (QED) is 0.163. The van der Waals surface area contributed by atoms with E-state index in [0.29, 0.717) is 43.4 Å². The highest BCUT2D eigenvalue weighted by molar-refractivity contribution is 8.22. The van der Waals surface area contributed by atoms with Crippen LogP contribution in [-0.4, -0.2) is 68.8 Å². The number of rotatable bonds is 14. The molecule has 6 atom stereocenters. The number of hydrogen-bond acceptors (Lipinski definition) is 10. The molecule has 0 bridgehead atoms. The molecule has 0 aliphatic carbocycles. The minimum atomic E-state index is -0.341. The van der Waals surface area contributed by atoms with Gasteiger partial charge >= 0.3 is 11.9 Å². The van der Waals surface area contributed by atoms with Crippen molar-refractivity contribution in [2.45, 2.75) is 43.0 Å². The minimum Gasteiger partial charge on any atom is -0.463 e. The van der Waals surface area contributed by atoms with E-state index in [1.165, 1.54) is 23.3 Å². The van der Waals surface area contributed by atoms with Gasteiger partial charge in [-0.05, 0) is 36.5 Å². The first-order chi connectivity index (χ1) is 17.5. The van der Waals surface area contributed by atoms with Gasteiger partial charge in [0.2, 0.25) is 0 Å². The molecule has 10 heteroatoms. The van der Waals surface area contributed by atoms with E-state index in [1.807, 2.05) is 70.6 Å². The van der Waals surface area contributed by atoms with E-state index in [0.717, 1.165) is 24.3 Å². The molecule has 6 unspecified atom stereocenters. The molecule has 36 heavy (non-hydrogen) atoms. The third-order valence-electron chi connectivity index (χ3n) is 5.84. The molecule has 2 saturated heterocycles. The molecule has 1 aromatic rings. The Hall–Kier alpha value is -0.260. The van der Waals surface area contributed by atoms with E-state index in [9.17, 15) is 9.59 Å². The van der Waals surface area contributed by atoms with Crippen molar-refractivity contribution in [3.05, 3.63) is 60.7 Å². The average molecular weight is 603 g/mol. The molecule has 2 aliphatic heterocycles. The Bertz CT molecular complexity index is 809. The smallest absolute Gasteiger partial charge is 0.330 e. The van der Waals surface area contributed by atoms with Crippen molar-refractivity contribution in [1.82, 2.24) is 0 Å². The molecule has 4 nitrogen and oxygen atoms in total. The van der Waals surface area contributed by atoms with Crippen LogP contribution in [0.15, 0.2) is 49.6 Å². The zero-order valence-corrected chi connectivity index (χ0v) is 25.6. The van der Waals surface area contributed by atoms with Crippen molar-refractivity contribution in [2.24, 2.45) is 0 Å². The van der Waals surface area contributed by atoms with Crippen LogP contribution < -0.4 is 0 Å². The van der Waals surface area contributed by atoms with E-state index in [4.69, 9.17) is 9.47 Å². The van der Waals surface area contributed by atoms with E-state index in [2.05, 4.69) is 49.9 Å². The lowest BCUT2D eigenvalue weighted by atomic mass is 10.1. The Balaban J connectivity index is 1.52. The summed E-state index contributed by atoms with van der Waals surface area (Å²) in [7, 11) is 0. The van der Waals surface area contributed by atoms with E-state index in [-0.39, 0.29) is 11.9 Å². The first kappa shape index (κ1) is 30.3. The highest BCUT2D eigenvalue weighted by atomic mass is 32.2. The van der Waals surface area contributed by atoms with Gasteiger partial charge in [0, 0.05) is 34.2 Å². The Labute approximate surface area is 241 Å². The molecule has 0 N–H and O–H groups in total. The normalized spacial score (nSPS) is 25.2. The van der Waals surface area contributed by atoms with Gasteiger partial charge in [0.15, 0.2) is 0 Å². The van der Waals surface area contributed by atoms with Crippen molar-refractivity contribution in [3.8, 4) is 0 Å². The number of esters is 2. The number of benzene rings is 1. The van der Waals surface area contributed by atoms with Crippen LogP contribution >= 0.6 is 70.6 Å². The largest absolute Gasteiger partial charge is 0.463 e. The standard InChI is InChI=1S/C26H34O4S6/c1-5-21(27)29-13-11-19-15-33-25(35-19)23(31-3)17-7-9-18(10-8-17)24(32-4)26-34-16-20(36-26)12-14-30-22(28)6-2/h5-10,19-20,23-26H,1-2,11-16H2,3-4H3. The van der Waals surface area contributed by atoms with Crippen LogP contribution in [0.3, 0.4) is 0 Å². The van der Waals surface area contributed by atoms with Crippen LogP contribution in [0.4, 0.5) is 0 Å². The lowest BCUT2D eigenvalue weighted by molar-refractivity contribution is -0.138. The Kier molecular flexibility index (Phi) is 13.4. The highest BCUT2D eigenvalue weighted by Crippen LogP contribution is 2.52. The van der Waals surface area contributed by atoms with E-state index < -0.39 is 0 Å². The third-order valence-corrected chi connectivity index (χ3v) is 15.6. The molecule has 2 heterocycles. The highest BCUT2D eigenvalue weighted by Gasteiger charge is 2.34. The van der Waals surface area contributed by atoms with Crippen LogP contribution in [0.1, 0.15) is 34.5 Å². The first-order valence-electron chi connectivity index (χ1n) is 11.8. The number of hydrogen-bond donors (Lipinski definition) is 0. The Morgan fingerprint density at radius 3 is 1.58 bits per heavy atom. The summed E-state index contributed by atoms with van der Waals surface area (Å²) in [6.45, 7) is 7.82.